The Morgan fingerprint density at radius 2 is 2.24 bits per heavy atom. The van der Waals surface area contributed by atoms with Crippen LogP contribution in [0.25, 0.3) is 0 Å². The average Bonchev–Trinajstić information content (AvgIpc) is 2.75. The van der Waals surface area contributed by atoms with Gasteiger partial charge in [-0.2, -0.15) is 0 Å². The van der Waals surface area contributed by atoms with Gasteiger partial charge in [0.05, 0.1) is 9.50 Å². The Kier molecular flexibility index (Phi) is 4.65. The number of anilines is 1. The van der Waals surface area contributed by atoms with E-state index < -0.39 is 0 Å². The fraction of sp³-hybridized carbons (Fsp3) is 0.583. The van der Waals surface area contributed by atoms with Gasteiger partial charge in [0.15, 0.2) is 0 Å². The molecule has 1 fully saturated rings. The molecule has 1 aliphatic rings. The van der Waals surface area contributed by atoms with Gasteiger partial charge < -0.3 is 11.1 Å². The highest BCUT2D eigenvalue weighted by molar-refractivity contribution is 9.10. The van der Waals surface area contributed by atoms with Crippen molar-refractivity contribution in [3.8, 4) is 0 Å². The van der Waals surface area contributed by atoms with Crippen LogP contribution in [-0.4, -0.2) is 18.1 Å². The lowest BCUT2D eigenvalue weighted by Gasteiger charge is -2.19. The maximum absolute atomic E-state index is 5.85. The molecule has 1 saturated carbocycles. The van der Waals surface area contributed by atoms with Crippen molar-refractivity contribution >= 4 is 33.3 Å². The fourth-order valence-electron chi connectivity index (χ4n) is 2.47. The summed E-state index contributed by atoms with van der Waals surface area (Å²) in [5.41, 5.74) is 5.77. The largest absolute Gasteiger partial charge is 0.369 e. The van der Waals surface area contributed by atoms with Crippen molar-refractivity contribution < 1.29 is 0 Å². The molecule has 17 heavy (non-hydrogen) atoms. The van der Waals surface area contributed by atoms with Crippen molar-refractivity contribution in [3.05, 3.63) is 21.8 Å². The number of nitrogens with zero attached hydrogens (tertiary/aromatic N) is 1. The second-order valence-electron chi connectivity index (χ2n) is 4.55. The zero-order chi connectivity index (χ0) is 12.3. The summed E-state index contributed by atoms with van der Waals surface area (Å²) in [6.45, 7) is 1.73. The van der Waals surface area contributed by atoms with Crippen molar-refractivity contribution in [2.45, 2.75) is 19.3 Å². The van der Waals surface area contributed by atoms with Gasteiger partial charge in [0.1, 0.15) is 5.82 Å². The van der Waals surface area contributed by atoms with Crippen molar-refractivity contribution in [1.82, 2.24) is 4.98 Å². The first-order valence-electron chi connectivity index (χ1n) is 5.95. The van der Waals surface area contributed by atoms with Crippen molar-refractivity contribution in [1.29, 1.82) is 0 Å². The molecule has 1 aromatic rings. The summed E-state index contributed by atoms with van der Waals surface area (Å²) in [4.78, 5) is 4.27. The molecule has 0 bridgehead atoms. The van der Waals surface area contributed by atoms with Crippen LogP contribution >= 0.6 is 27.5 Å². The van der Waals surface area contributed by atoms with Crippen LogP contribution in [0.5, 0.6) is 0 Å². The van der Waals surface area contributed by atoms with Gasteiger partial charge in [-0.25, -0.2) is 4.98 Å². The molecule has 1 aromatic heterocycles. The van der Waals surface area contributed by atoms with Crippen molar-refractivity contribution in [2.75, 3.05) is 18.4 Å². The minimum absolute atomic E-state index is 0.642. The molecule has 0 saturated heterocycles. The van der Waals surface area contributed by atoms with Gasteiger partial charge in [0, 0.05) is 12.7 Å². The minimum atomic E-state index is 0.642. The number of hydrogen-bond acceptors (Lipinski definition) is 3. The summed E-state index contributed by atoms with van der Waals surface area (Å²) in [6.07, 6.45) is 5.48. The van der Waals surface area contributed by atoms with Crippen molar-refractivity contribution in [3.63, 3.8) is 0 Å². The molecule has 0 amide bonds. The van der Waals surface area contributed by atoms with Crippen LogP contribution in [-0.2, 0) is 0 Å². The second kappa shape index (κ2) is 6.03. The Balaban J connectivity index is 1.93. The maximum atomic E-state index is 5.85. The number of hydrogen-bond donors (Lipinski definition) is 2. The van der Waals surface area contributed by atoms with Gasteiger partial charge in [0.25, 0.3) is 0 Å². The molecule has 2 unspecified atom stereocenters. The molecule has 0 radical (unpaired) electrons. The van der Waals surface area contributed by atoms with Crippen LogP contribution in [0.3, 0.4) is 0 Å². The van der Waals surface area contributed by atoms with Gasteiger partial charge >= 0.3 is 0 Å². The summed E-state index contributed by atoms with van der Waals surface area (Å²) in [7, 11) is 0. The van der Waals surface area contributed by atoms with Crippen LogP contribution in [0.4, 0.5) is 5.82 Å². The van der Waals surface area contributed by atoms with Gasteiger partial charge in [-0.05, 0) is 53.2 Å². The van der Waals surface area contributed by atoms with E-state index in [1.165, 1.54) is 19.3 Å². The third-order valence-corrected chi connectivity index (χ3v) is 4.27. The highest BCUT2D eigenvalue weighted by Gasteiger charge is 2.25. The first-order chi connectivity index (χ1) is 8.20. The maximum Gasteiger partial charge on any atom is 0.140 e. The molecule has 2 rings (SSSR count). The Bertz CT molecular complexity index is 386. The van der Waals surface area contributed by atoms with Crippen LogP contribution in [0.2, 0.25) is 5.02 Å². The molecule has 1 heterocycles. The van der Waals surface area contributed by atoms with Crippen molar-refractivity contribution in [2.24, 2.45) is 17.6 Å². The standard InChI is InChI=1S/C12H17BrClN3/c13-11-4-10(14)7-17-12(11)16-6-9-3-1-2-8(9)5-15/h4,7-9H,1-3,5-6,15H2,(H,16,17). The Hall–Kier alpha value is -0.320. The average molecular weight is 319 g/mol. The zero-order valence-corrected chi connectivity index (χ0v) is 12.0. The molecule has 94 valence electrons. The molecule has 0 aromatic carbocycles. The minimum Gasteiger partial charge on any atom is -0.369 e. The third kappa shape index (κ3) is 3.33. The van der Waals surface area contributed by atoms with Gasteiger partial charge in [-0.3, -0.25) is 0 Å². The van der Waals surface area contributed by atoms with Gasteiger partial charge in [-0.1, -0.05) is 18.0 Å². The Morgan fingerprint density at radius 1 is 1.47 bits per heavy atom. The van der Waals surface area contributed by atoms with E-state index in [2.05, 4.69) is 26.2 Å². The zero-order valence-electron chi connectivity index (χ0n) is 9.63. The van der Waals surface area contributed by atoms with E-state index in [9.17, 15) is 0 Å². The number of nitrogens with one attached hydrogen (secondary N) is 1. The second-order valence-corrected chi connectivity index (χ2v) is 5.84. The molecule has 0 aliphatic heterocycles. The van der Waals surface area contributed by atoms with E-state index in [1.807, 2.05) is 6.07 Å². The lowest BCUT2D eigenvalue weighted by atomic mass is 9.96. The molecular weight excluding hydrogens is 302 g/mol. The third-order valence-electron chi connectivity index (χ3n) is 3.46. The Labute approximate surface area is 115 Å². The van der Waals surface area contributed by atoms with Gasteiger partial charge in [0.2, 0.25) is 0 Å². The summed E-state index contributed by atoms with van der Waals surface area (Å²) < 4.78 is 0.910. The highest BCUT2D eigenvalue weighted by Crippen LogP contribution is 2.31. The smallest absolute Gasteiger partial charge is 0.140 e. The molecule has 1 aliphatic carbocycles. The van der Waals surface area contributed by atoms with Gasteiger partial charge in [-0.15, -0.1) is 0 Å². The number of halogens is 2. The number of nitrogens with two attached hydrogens (primary N) is 1. The van der Waals surface area contributed by atoms with E-state index in [-0.39, 0.29) is 0 Å². The number of pyridine rings is 1. The molecule has 5 heteroatoms. The molecule has 2 atom stereocenters. The quantitative estimate of drug-likeness (QED) is 0.895. The van der Waals surface area contributed by atoms with Crippen LogP contribution < -0.4 is 11.1 Å². The number of rotatable bonds is 4. The predicted octanol–water partition coefficient (Wildman–Crippen LogP) is 3.28. The van der Waals surface area contributed by atoms with Crippen LogP contribution in [0.1, 0.15) is 19.3 Å². The van der Waals surface area contributed by atoms with E-state index in [0.717, 1.165) is 23.4 Å². The summed E-state index contributed by atoms with van der Waals surface area (Å²) >= 11 is 9.31. The lowest BCUT2D eigenvalue weighted by molar-refractivity contribution is 0.414. The summed E-state index contributed by atoms with van der Waals surface area (Å²) in [5, 5.41) is 4.02. The fourth-order valence-corrected chi connectivity index (χ4v) is 3.24. The lowest BCUT2D eigenvalue weighted by Crippen LogP contribution is -2.24. The predicted molar refractivity (Wildman–Crippen MR) is 75.3 cm³/mol. The monoisotopic (exact) mass is 317 g/mol. The van der Waals surface area contributed by atoms with E-state index in [1.54, 1.807) is 6.20 Å². The number of aromatic nitrogens is 1. The highest BCUT2D eigenvalue weighted by atomic mass is 79.9. The summed E-state index contributed by atoms with van der Waals surface area (Å²) in [6, 6.07) is 1.85. The van der Waals surface area contributed by atoms with Crippen LogP contribution in [0, 0.1) is 11.8 Å². The van der Waals surface area contributed by atoms with Crippen LogP contribution in [0.15, 0.2) is 16.7 Å². The molecule has 3 nitrogen and oxygen atoms in total. The topological polar surface area (TPSA) is 50.9 Å². The normalized spacial score (nSPS) is 23.9. The van der Waals surface area contributed by atoms with E-state index in [0.29, 0.717) is 16.9 Å². The molecule has 3 N–H and O–H groups in total. The van der Waals surface area contributed by atoms with E-state index >= 15 is 0 Å². The first kappa shape index (κ1) is 13.1. The molecular formula is C12H17BrClN3. The first-order valence-corrected chi connectivity index (χ1v) is 7.12. The SMILES string of the molecule is NCC1CCCC1CNc1ncc(Cl)cc1Br. The molecule has 0 spiro atoms. The summed E-state index contributed by atoms with van der Waals surface area (Å²) in [5.74, 6) is 2.19. The van der Waals surface area contributed by atoms with E-state index in [4.69, 9.17) is 17.3 Å². The Morgan fingerprint density at radius 3 is 2.94 bits per heavy atom.